The first-order valence-electron chi connectivity index (χ1n) is 8.84. The maximum Gasteiger partial charge on any atom is 0.323 e. The van der Waals surface area contributed by atoms with Gasteiger partial charge in [0.2, 0.25) is 11.8 Å². The molecule has 148 valence electrons. The highest BCUT2D eigenvalue weighted by molar-refractivity contribution is 7.98. The third-order valence-electron chi connectivity index (χ3n) is 4.26. The highest BCUT2D eigenvalue weighted by atomic mass is 32.2. The summed E-state index contributed by atoms with van der Waals surface area (Å²) in [5.74, 6) is 0.756. The number of carbonyl (C=O) groups excluding carboxylic acids is 3. The van der Waals surface area contributed by atoms with E-state index in [2.05, 4.69) is 16.0 Å². The number of amides is 4. The zero-order chi connectivity index (χ0) is 19.9. The van der Waals surface area contributed by atoms with Crippen LogP contribution in [0.5, 0.6) is 0 Å². The van der Waals surface area contributed by atoms with Crippen LogP contribution in [0.4, 0.5) is 16.2 Å². The number of para-hydroxylation sites is 2. The molecule has 3 rings (SSSR count). The van der Waals surface area contributed by atoms with E-state index in [1.807, 2.05) is 6.26 Å². The first kappa shape index (κ1) is 19.8. The number of hydrogen-bond donors (Lipinski definition) is 3. The topological polar surface area (TPSA) is 104 Å². The van der Waals surface area contributed by atoms with Crippen LogP contribution in [0.15, 0.2) is 47.1 Å². The molecule has 1 aliphatic heterocycles. The van der Waals surface area contributed by atoms with Crippen molar-refractivity contribution in [2.45, 2.75) is 19.0 Å². The Morgan fingerprint density at radius 3 is 2.86 bits per heavy atom. The lowest BCUT2D eigenvalue weighted by Crippen LogP contribution is -2.54. The predicted molar refractivity (Wildman–Crippen MR) is 108 cm³/mol. The van der Waals surface area contributed by atoms with E-state index < -0.39 is 12.1 Å². The molecule has 2 aromatic rings. The second-order valence-electron chi connectivity index (χ2n) is 6.23. The lowest BCUT2D eigenvalue weighted by Gasteiger charge is -2.30. The number of benzene rings is 1. The SMILES string of the molecule is CSCCC(NC(=O)N1CC(=O)Nc2ccccc21)C(=O)NCc1ccco1. The van der Waals surface area contributed by atoms with Gasteiger partial charge in [-0.2, -0.15) is 11.8 Å². The van der Waals surface area contributed by atoms with Crippen LogP contribution in [0.2, 0.25) is 0 Å². The zero-order valence-electron chi connectivity index (χ0n) is 15.4. The van der Waals surface area contributed by atoms with Crippen molar-refractivity contribution in [2.75, 3.05) is 28.8 Å². The van der Waals surface area contributed by atoms with Crippen LogP contribution < -0.4 is 20.9 Å². The van der Waals surface area contributed by atoms with Gasteiger partial charge in [0.25, 0.3) is 0 Å². The van der Waals surface area contributed by atoms with Crippen LogP contribution in [0.3, 0.4) is 0 Å². The van der Waals surface area contributed by atoms with Crippen molar-refractivity contribution in [3.05, 3.63) is 48.4 Å². The smallest absolute Gasteiger partial charge is 0.323 e. The van der Waals surface area contributed by atoms with Gasteiger partial charge in [0.05, 0.1) is 24.2 Å². The fourth-order valence-corrected chi connectivity index (χ4v) is 3.33. The molecule has 28 heavy (non-hydrogen) atoms. The fraction of sp³-hybridized carbons (Fsp3) is 0.316. The second kappa shape index (κ2) is 9.32. The number of nitrogens with zero attached hydrogens (tertiary/aromatic N) is 1. The number of urea groups is 1. The van der Waals surface area contributed by atoms with Crippen LogP contribution in [-0.4, -0.2) is 42.4 Å². The number of nitrogens with one attached hydrogen (secondary N) is 3. The highest BCUT2D eigenvalue weighted by Gasteiger charge is 2.29. The average molecular weight is 402 g/mol. The molecule has 1 aliphatic rings. The quantitative estimate of drug-likeness (QED) is 0.659. The van der Waals surface area contributed by atoms with E-state index in [1.54, 1.807) is 48.2 Å². The van der Waals surface area contributed by atoms with Gasteiger partial charge < -0.3 is 20.4 Å². The van der Waals surface area contributed by atoms with E-state index in [9.17, 15) is 14.4 Å². The summed E-state index contributed by atoms with van der Waals surface area (Å²) >= 11 is 1.59. The van der Waals surface area contributed by atoms with Gasteiger partial charge in [0.1, 0.15) is 18.3 Å². The number of anilines is 2. The van der Waals surface area contributed by atoms with Crippen molar-refractivity contribution in [1.82, 2.24) is 10.6 Å². The van der Waals surface area contributed by atoms with Crippen molar-refractivity contribution in [2.24, 2.45) is 0 Å². The average Bonchev–Trinajstić information content (AvgIpc) is 3.22. The first-order valence-corrected chi connectivity index (χ1v) is 10.2. The molecule has 1 aromatic heterocycles. The van der Waals surface area contributed by atoms with Gasteiger partial charge in [-0.25, -0.2) is 4.79 Å². The van der Waals surface area contributed by atoms with E-state index in [0.717, 1.165) is 0 Å². The van der Waals surface area contributed by atoms with E-state index in [1.165, 1.54) is 11.2 Å². The largest absolute Gasteiger partial charge is 0.467 e. The molecule has 0 aliphatic carbocycles. The van der Waals surface area contributed by atoms with Crippen molar-refractivity contribution >= 4 is 41.0 Å². The van der Waals surface area contributed by atoms with Crippen LogP contribution in [0.25, 0.3) is 0 Å². The Balaban J connectivity index is 1.68. The number of thioether (sulfide) groups is 1. The monoisotopic (exact) mass is 402 g/mol. The van der Waals surface area contributed by atoms with Crippen molar-refractivity contribution in [1.29, 1.82) is 0 Å². The van der Waals surface area contributed by atoms with E-state index in [-0.39, 0.29) is 24.9 Å². The molecule has 0 saturated carbocycles. The van der Waals surface area contributed by atoms with Crippen molar-refractivity contribution in [3.63, 3.8) is 0 Å². The van der Waals surface area contributed by atoms with Crippen molar-refractivity contribution in [3.8, 4) is 0 Å². The maximum absolute atomic E-state index is 12.8. The molecule has 1 unspecified atom stereocenters. The number of fused-ring (bicyclic) bond motifs is 1. The minimum Gasteiger partial charge on any atom is -0.467 e. The zero-order valence-corrected chi connectivity index (χ0v) is 16.3. The molecule has 2 heterocycles. The predicted octanol–water partition coefficient (Wildman–Crippen LogP) is 2.19. The van der Waals surface area contributed by atoms with Gasteiger partial charge in [-0.05, 0) is 42.7 Å². The maximum atomic E-state index is 12.8. The van der Waals surface area contributed by atoms with Gasteiger partial charge in [0.15, 0.2) is 0 Å². The Hall–Kier alpha value is -2.94. The van der Waals surface area contributed by atoms with Gasteiger partial charge in [-0.15, -0.1) is 0 Å². The van der Waals surface area contributed by atoms with Crippen LogP contribution >= 0.6 is 11.8 Å². The summed E-state index contributed by atoms with van der Waals surface area (Å²) in [7, 11) is 0. The highest BCUT2D eigenvalue weighted by Crippen LogP contribution is 2.28. The molecule has 8 nitrogen and oxygen atoms in total. The van der Waals surface area contributed by atoms with Gasteiger partial charge in [0, 0.05) is 0 Å². The molecule has 0 spiro atoms. The van der Waals surface area contributed by atoms with Gasteiger partial charge in [-0.1, -0.05) is 12.1 Å². The number of carbonyl (C=O) groups is 3. The van der Waals surface area contributed by atoms with Crippen LogP contribution in [0.1, 0.15) is 12.2 Å². The lowest BCUT2D eigenvalue weighted by atomic mass is 10.2. The third kappa shape index (κ3) is 4.86. The lowest BCUT2D eigenvalue weighted by molar-refractivity contribution is -0.123. The van der Waals surface area contributed by atoms with E-state index in [0.29, 0.717) is 29.3 Å². The minimum atomic E-state index is -0.716. The summed E-state index contributed by atoms with van der Waals surface area (Å²) < 4.78 is 5.21. The van der Waals surface area contributed by atoms with E-state index in [4.69, 9.17) is 4.42 Å². The molecule has 1 aromatic carbocycles. The molecule has 0 bridgehead atoms. The summed E-state index contributed by atoms with van der Waals surface area (Å²) in [6, 6.07) is 9.36. The van der Waals surface area contributed by atoms with E-state index >= 15 is 0 Å². The summed E-state index contributed by atoms with van der Waals surface area (Å²) in [6.45, 7) is 0.137. The molecule has 3 N–H and O–H groups in total. The van der Waals surface area contributed by atoms with Crippen LogP contribution in [-0.2, 0) is 16.1 Å². The molecule has 4 amide bonds. The molecular weight excluding hydrogens is 380 g/mol. The van der Waals surface area contributed by atoms with Crippen LogP contribution in [0, 0.1) is 0 Å². The molecule has 0 saturated heterocycles. The molecular formula is C19H22N4O4S. The van der Waals surface area contributed by atoms with Gasteiger partial charge in [-0.3, -0.25) is 14.5 Å². The number of rotatable bonds is 7. The summed E-state index contributed by atoms with van der Waals surface area (Å²) in [5.41, 5.74) is 1.16. The Bertz CT molecular complexity index is 840. The summed E-state index contributed by atoms with van der Waals surface area (Å²) in [5, 5.41) is 8.28. The number of hydrogen-bond acceptors (Lipinski definition) is 5. The Kier molecular flexibility index (Phi) is 6.59. The molecule has 1 atom stereocenters. The second-order valence-corrected chi connectivity index (χ2v) is 7.22. The van der Waals surface area contributed by atoms with Crippen molar-refractivity contribution < 1.29 is 18.8 Å². The first-order chi connectivity index (χ1) is 13.6. The number of furan rings is 1. The Morgan fingerprint density at radius 2 is 2.11 bits per heavy atom. The molecule has 0 radical (unpaired) electrons. The molecule has 0 fully saturated rings. The Morgan fingerprint density at radius 1 is 1.29 bits per heavy atom. The Labute approximate surface area is 167 Å². The summed E-state index contributed by atoms with van der Waals surface area (Å²) in [6.07, 6.45) is 3.94. The fourth-order valence-electron chi connectivity index (χ4n) is 2.86. The summed E-state index contributed by atoms with van der Waals surface area (Å²) in [4.78, 5) is 38.7. The molecule has 9 heteroatoms. The van der Waals surface area contributed by atoms with Gasteiger partial charge >= 0.3 is 6.03 Å². The third-order valence-corrected chi connectivity index (χ3v) is 4.90. The minimum absolute atomic E-state index is 0.105. The standard InChI is InChI=1S/C19H22N4O4S/c1-28-10-8-15(18(25)20-11-13-5-4-9-27-13)22-19(26)23-12-17(24)21-14-6-2-3-7-16(14)23/h2-7,9,15H,8,10-12H2,1H3,(H,20,25)(H,21,24)(H,22,26). The normalized spacial score (nSPS) is 14.0.